The molecule has 158 valence electrons. The highest BCUT2D eigenvalue weighted by Crippen LogP contribution is 2.48. The van der Waals surface area contributed by atoms with Crippen LogP contribution in [0.25, 0.3) is 0 Å². The summed E-state index contributed by atoms with van der Waals surface area (Å²) in [7, 11) is 0. The van der Waals surface area contributed by atoms with Gasteiger partial charge in [0.15, 0.2) is 11.6 Å². The van der Waals surface area contributed by atoms with Gasteiger partial charge in [-0.15, -0.1) is 0 Å². The van der Waals surface area contributed by atoms with Crippen molar-refractivity contribution in [3.8, 4) is 11.6 Å². The Kier molecular flexibility index (Phi) is 5.20. The van der Waals surface area contributed by atoms with E-state index in [-0.39, 0.29) is 22.5 Å². The summed E-state index contributed by atoms with van der Waals surface area (Å²) in [5.41, 5.74) is -0.445. The van der Waals surface area contributed by atoms with E-state index in [1.54, 1.807) is 39.8 Å². The topological polar surface area (TPSA) is 65.5 Å². The fraction of sp³-hybridized carbons (Fsp3) is 0.435. The van der Waals surface area contributed by atoms with Gasteiger partial charge in [0.05, 0.1) is 5.02 Å². The number of ketones is 2. The highest BCUT2D eigenvalue weighted by Gasteiger charge is 2.53. The van der Waals surface area contributed by atoms with Crippen LogP contribution >= 0.6 is 23.2 Å². The van der Waals surface area contributed by atoms with Crippen molar-refractivity contribution in [1.82, 2.24) is 4.98 Å². The maximum atomic E-state index is 13.3. The standard InChI is InChI=1S/C23H23Cl2NO4/c1-22(2)19(27)18(20(28)23(3,4)30-22)16-10-14(7-8-15(16)12-5-6-12)29-21-17(25)9-13(24)11-26-21/h7-12,18H,5-6H2,1-4H3. The minimum absolute atomic E-state index is 0.205. The minimum atomic E-state index is -1.07. The number of hydrogen-bond acceptors (Lipinski definition) is 5. The molecule has 0 N–H and O–H groups in total. The molecule has 1 aromatic carbocycles. The lowest BCUT2D eigenvalue weighted by atomic mass is 9.73. The zero-order valence-electron chi connectivity index (χ0n) is 17.3. The van der Waals surface area contributed by atoms with E-state index < -0.39 is 17.1 Å². The molecule has 0 atom stereocenters. The fourth-order valence-corrected chi connectivity index (χ4v) is 4.48. The van der Waals surface area contributed by atoms with E-state index in [2.05, 4.69) is 4.98 Å². The fourth-order valence-electron chi connectivity index (χ4n) is 4.06. The lowest BCUT2D eigenvalue weighted by Gasteiger charge is -2.43. The summed E-state index contributed by atoms with van der Waals surface area (Å²) in [6.45, 7) is 6.85. The predicted octanol–water partition coefficient (Wildman–Crippen LogP) is 5.87. The molecule has 1 saturated carbocycles. The zero-order valence-corrected chi connectivity index (χ0v) is 18.8. The molecule has 1 aromatic heterocycles. The Balaban J connectivity index is 1.78. The molecule has 2 aliphatic rings. The van der Waals surface area contributed by atoms with Crippen LogP contribution in [-0.4, -0.2) is 27.8 Å². The second kappa shape index (κ2) is 7.33. The third-order valence-corrected chi connectivity index (χ3v) is 6.07. The minimum Gasteiger partial charge on any atom is -0.438 e. The smallest absolute Gasteiger partial charge is 0.238 e. The Labute approximate surface area is 185 Å². The van der Waals surface area contributed by atoms with Crippen molar-refractivity contribution in [1.29, 1.82) is 0 Å². The molecule has 1 saturated heterocycles. The first-order valence-corrected chi connectivity index (χ1v) is 10.7. The van der Waals surface area contributed by atoms with E-state index in [4.69, 9.17) is 32.7 Å². The zero-order chi connectivity index (χ0) is 21.8. The van der Waals surface area contributed by atoms with Gasteiger partial charge in [0.25, 0.3) is 0 Å². The number of aromatic nitrogens is 1. The van der Waals surface area contributed by atoms with Crippen LogP contribution in [0.4, 0.5) is 0 Å². The molecule has 0 amide bonds. The van der Waals surface area contributed by atoms with Crippen molar-refractivity contribution in [2.45, 2.75) is 63.6 Å². The number of Topliss-reactive ketones (excluding diaryl/α,β-unsaturated/α-hetero) is 2. The molecule has 0 radical (unpaired) electrons. The van der Waals surface area contributed by atoms with Gasteiger partial charge in [-0.2, -0.15) is 0 Å². The molecule has 0 spiro atoms. The van der Waals surface area contributed by atoms with Crippen molar-refractivity contribution in [3.05, 3.63) is 51.6 Å². The van der Waals surface area contributed by atoms with Crippen molar-refractivity contribution >= 4 is 34.8 Å². The summed E-state index contributed by atoms with van der Waals surface area (Å²) < 4.78 is 11.7. The summed E-state index contributed by atoms with van der Waals surface area (Å²) >= 11 is 12.1. The molecule has 2 aromatic rings. The van der Waals surface area contributed by atoms with Crippen molar-refractivity contribution in [2.24, 2.45) is 0 Å². The van der Waals surface area contributed by atoms with Gasteiger partial charge in [0.2, 0.25) is 5.88 Å². The molecule has 1 aliphatic carbocycles. The maximum Gasteiger partial charge on any atom is 0.238 e. The van der Waals surface area contributed by atoms with Crippen LogP contribution < -0.4 is 4.74 Å². The molecular weight excluding hydrogens is 425 g/mol. The maximum absolute atomic E-state index is 13.3. The number of carbonyl (C=O) groups excluding carboxylic acids is 2. The number of carbonyl (C=O) groups is 2. The van der Waals surface area contributed by atoms with Crippen LogP contribution in [0.5, 0.6) is 11.6 Å². The monoisotopic (exact) mass is 447 g/mol. The SMILES string of the molecule is CC1(C)OC(C)(C)C(=O)C(c2cc(Oc3ncc(Cl)cc3Cl)ccc2C2CC2)C1=O. The van der Waals surface area contributed by atoms with E-state index in [0.29, 0.717) is 22.3 Å². The number of hydrogen-bond donors (Lipinski definition) is 0. The molecule has 30 heavy (non-hydrogen) atoms. The number of pyridine rings is 1. The largest absolute Gasteiger partial charge is 0.438 e. The average Bonchev–Trinajstić information content (AvgIpc) is 3.47. The first-order valence-electron chi connectivity index (χ1n) is 9.91. The molecule has 0 unspecified atom stereocenters. The molecule has 0 bridgehead atoms. The summed E-state index contributed by atoms with van der Waals surface area (Å²) in [5, 5.41) is 0.677. The first-order chi connectivity index (χ1) is 14.0. The van der Waals surface area contributed by atoms with E-state index in [1.807, 2.05) is 12.1 Å². The first kappa shape index (κ1) is 21.3. The third-order valence-electron chi connectivity index (χ3n) is 5.60. The van der Waals surface area contributed by atoms with E-state index >= 15 is 0 Å². The van der Waals surface area contributed by atoms with Gasteiger partial charge in [0.1, 0.15) is 27.9 Å². The molecule has 7 heteroatoms. The van der Waals surface area contributed by atoms with Crippen LogP contribution in [0.2, 0.25) is 10.0 Å². The van der Waals surface area contributed by atoms with Crippen molar-refractivity contribution in [3.63, 3.8) is 0 Å². The van der Waals surface area contributed by atoms with Gasteiger partial charge in [-0.3, -0.25) is 9.59 Å². The van der Waals surface area contributed by atoms with Crippen LogP contribution in [0.3, 0.4) is 0 Å². The number of rotatable bonds is 4. The van der Waals surface area contributed by atoms with Gasteiger partial charge in [0, 0.05) is 6.20 Å². The number of benzene rings is 1. The van der Waals surface area contributed by atoms with Gasteiger partial charge in [-0.25, -0.2) is 4.98 Å². The Morgan fingerprint density at radius 3 is 2.20 bits per heavy atom. The Morgan fingerprint density at radius 1 is 1.00 bits per heavy atom. The number of ether oxygens (including phenoxy) is 2. The van der Waals surface area contributed by atoms with Gasteiger partial charge in [-0.1, -0.05) is 29.3 Å². The van der Waals surface area contributed by atoms with E-state index in [9.17, 15) is 9.59 Å². The third kappa shape index (κ3) is 3.86. The van der Waals surface area contributed by atoms with Crippen LogP contribution in [0.15, 0.2) is 30.5 Å². The molecule has 2 fully saturated rings. The Bertz CT molecular complexity index is 1020. The van der Waals surface area contributed by atoms with Gasteiger partial charge in [-0.05, 0) is 75.8 Å². The molecule has 1 aliphatic heterocycles. The second-order valence-electron chi connectivity index (χ2n) is 8.89. The second-order valence-corrected chi connectivity index (χ2v) is 9.74. The summed E-state index contributed by atoms with van der Waals surface area (Å²) in [4.78, 5) is 30.7. The van der Waals surface area contributed by atoms with E-state index in [1.165, 1.54) is 6.20 Å². The molecule has 5 nitrogen and oxygen atoms in total. The predicted molar refractivity (Wildman–Crippen MR) is 115 cm³/mol. The molecule has 2 heterocycles. The highest BCUT2D eigenvalue weighted by atomic mass is 35.5. The number of halogens is 2. The summed E-state index contributed by atoms with van der Waals surface area (Å²) in [6.07, 6.45) is 3.52. The summed E-state index contributed by atoms with van der Waals surface area (Å²) in [6, 6.07) is 7.05. The van der Waals surface area contributed by atoms with Gasteiger partial charge < -0.3 is 9.47 Å². The lowest BCUT2D eigenvalue weighted by Crippen LogP contribution is -2.58. The lowest BCUT2D eigenvalue weighted by molar-refractivity contribution is -0.184. The molecular formula is C23H23Cl2NO4. The highest BCUT2D eigenvalue weighted by molar-refractivity contribution is 6.35. The Hall–Kier alpha value is -1.95. The number of nitrogens with zero attached hydrogens (tertiary/aromatic N) is 1. The van der Waals surface area contributed by atoms with Crippen LogP contribution in [-0.2, 0) is 14.3 Å². The summed E-state index contributed by atoms with van der Waals surface area (Å²) in [5.74, 6) is -0.384. The Morgan fingerprint density at radius 2 is 1.63 bits per heavy atom. The van der Waals surface area contributed by atoms with Crippen LogP contribution in [0.1, 0.15) is 63.5 Å². The van der Waals surface area contributed by atoms with Crippen LogP contribution in [0, 0.1) is 0 Å². The normalized spacial score (nSPS) is 21.0. The van der Waals surface area contributed by atoms with E-state index in [0.717, 1.165) is 18.4 Å². The van der Waals surface area contributed by atoms with Crippen molar-refractivity contribution < 1.29 is 19.1 Å². The van der Waals surface area contributed by atoms with Gasteiger partial charge >= 0.3 is 0 Å². The molecule has 4 rings (SSSR count). The average molecular weight is 448 g/mol. The van der Waals surface area contributed by atoms with Crippen molar-refractivity contribution in [2.75, 3.05) is 0 Å². The quantitative estimate of drug-likeness (QED) is 0.548.